The van der Waals surface area contributed by atoms with Crippen molar-refractivity contribution in [2.24, 2.45) is 0 Å². The molecule has 0 radical (unpaired) electrons. The molecule has 0 saturated carbocycles. The van der Waals surface area contributed by atoms with Crippen molar-refractivity contribution in [3.63, 3.8) is 0 Å². The highest BCUT2D eigenvalue weighted by Crippen LogP contribution is 2.54. The first-order valence-electron chi connectivity index (χ1n) is 14.0. The minimum Gasteiger partial charge on any atom is -0.0622 e. The highest BCUT2D eigenvalue weighted by Gasteiger charge is 2.25. The Morgan fingerprint density at radius 2 is 0.650 bits per heavy atom. The van der Waals surface area contributed by atoms with Crippen molar-refractivity contribution in [1.82, 2.24) is 0 Å². The summed E-state index contributed by atoms with van der Waals surface area (Å²) < 4.78 is 0. The quantitative estimate of drug-likeness (QED) is 0.163. The molecule has 0 aromatic heterocycles. The van der Waals surface area contributed by atoms with Gasteiger partial charge in [-0.1, -0.05) is 121 Å². The van der Waals surface area contributed by atoms with Gasteiger partial charge in [0.25, 0.3) is 0 Å². The van der Waals surface area contributed by atoms with Crippen LogP contribution in [-0.2, 0) is 0 Å². The minimum absolute atomic E-state index is 1.27. The summed E-state index contributed by atoms with van der Waals surface area (Å²) >= 11 is 0. The predicted octanol–water partition coefficient (Wildman–Crippen LogP) is 11.4. The fourth-order valence-corrected chi connectivity index (χ4v) is 7.75. The number of hydrogen-bond acceptors (Lipinski definition) is 0. The zero-order chi connectivity index (χ0) is 25.9. The summed E-state index contributed by atoms with van der Waals surface area (Å²) in [6, 6.07) is 49.8. The third-order valence-electron chi connectivity index (χ3n) is 9.25. The van der Waals surface area contributed by atoms with Gasteiger partial charge in [0.05, 0.1) is 0 Å². The standard InChI is InChI=1S/C40H22/c1-3-9-23(10-4-1)35-29-19-17-25-13-8-16-28-22-32-36(24-11-5-2-6-12-24)30-20-18-26-14-7-15-27-21-31(35)39(38(30)34(26)27)40(32)37(29)33(25)28/h1-22H. The predicted molar refractivity (Wildman–Crippen MR) is 173 cm³/mol. The van der Waals surface area contributed by atoms with Crippen LogP contribution in [0, 0.1) is 0 Å². The zero-order valence-corrected chi connectivity index (χ0v) is 21.7. The van der Waals surface area contributed by atoms with Crippen LogP contribution in [0.3, 0.4) is 0 Å². The average Bonchev–Trinajstić information content (AvgIpc) is 3.01. The van der Waals surface area contributed by atoms with E-state index in [2.05, 4.69) is 133 Å². The third kappa shape index (κ3) is 2.43. The van der Waals surface area contributed by atoms with Crippen LogP contribution in [0.25, 0.3) is 97.7 Å². The van der Waals surface area contributed by atoms with Crippen LogP contribution in [-0.4, -0.2) is 0 Å². The van der Waals surface area contributed by atoms with Crippen LogP contribution in [0.15, 0.2) is 133 Å². The molecule has 0 aliphatic heterocycles. The monoisotopic (exact) mass is 502 g/mol. The lowest BCUT2D eigenvalue weighted by Gasteiger charge is -2.25. The lowest BCUT2D eigenvalue weighted by molar-refractivity contribution is 1.68. The Bertz CT molecular complexity index is 2370. The Labute approximate surface area is 230 Å². The maximum absolute atomic E-state index is 2.46. The molecule has 0 aliphatic rings. The highest BCUT2D eigenvalue weighted by molar-refractivity contribution is 6.47. The van der Waals surface area contributed by atoms with Gasteiger partial charge in [-0.2, -0.15) is 0 Å². The summed E-state index contributed by atoms with van der Waals surface area (Å²) in [6.45, 7) is 0. The van der Waals surface area contributed by atoms with Gasteiger partial charge >= 0.3 is 0 Å². The summed E-state index contributed by atoms with van der Waals surface area (Å²) in [5, 5.41) is 18.9. The fraction of sp³-hybridized carbons (Fsp3) is 0. The van der Waals surface area contributed by atoms with Gasteiger partial charge in [-0.05, 0) is 110 Å². The second kappa shape index (κ2) is 7.25. The van der Waals surface area contributed by atoms with E-state index < -0.39 is 0 Å². The van der Waals surface area contributed by atoms with Crippen molar-refractivity contribution in [2.45, 2.75) is 0 Å². The van der Waals surface area contributed by atoms with E-state index in [-0.39, 0.29) is 0 Å². The normalized spacial score (nSPS) is 12.5. The number of rotatable bonds is 2. The first-order valence-corrected chi connectivity index (χ1v) is 14.0. The minimum atomic E-state index is 1.27. The van der Waals surface area contributed by atoms with Crippen LogP contribution in [0.2, 0.25) is 0 Å². The van der Waals surface area contributed by atoms with Crippen LogP contribution < -0.4 is 0 Å². The van der Waals surface area contributed by atoms with Gasteiger partial charge in [-0.15, -0.1) is 0 Å². The SMILES string of the molecule is c1ccc(-c2c3ccc4cccc5cc6c(-c7ccccc7)c7ccc8cccc9cc2c(c7c89)c6c3c45)cc1. The molecular weight excluding hydrogens is 480 g/mol. The molecule has 0 unspecified atom stereocenters. The van der Waals surface area contributed by atoms with Crippen molar-refractivity contribution in [3.8, 4) is 22.3 Å². The maximum Gasteiger partial charge on any atom is -0.000674 e. The molecule has 182 valence electrons. The molecule has 40 heavy (non-hydrogen) atoms. The Balaban J connectivity index is 1.64. The summed E-state index contributed by atoms with van der Waals surface area (Å²) in [5.74, 6) is 0. The summed E-state index contributed by atoms with van der Waals surface area (Å²) in [5.41, 5.74) is 5.23. The lowest BCUT2D eigenvalue weighted by Crippen LogP contribution is -1.97. The second-order valence-electron chi connectivity index (χ2n) is 11.2. The Hall–Kier alpha value is -5.20. The van der Waals surface area contributed by atoms with Crippen LogP contribution >= 0.6 is 0 Å². The van der Waals surface area contributed by atoms with Crippen LogP contribution in [0.1, 0.15) is 0 Å². The van der Waals surface area contributed by atoms with Gasteiger partial charge < -0.3 is 0 Å². The third-order valence-corrected chi connectivity index (χ3v) is 9.25. The molecule has 10 aromatic rings. The Morgan fingerprint density at radius 3 is 1.10 bits per heavy atom. The Kier molecular flexibility index (Phi) is 3.76. The van der Waals surface area contributed by atoms with Gasteiger partial charge in [0.15, 0.2) is 0 Å². The molecule has 0 spiro atoms. The smallest absolute Gasteiger partial charge is 0.000674 e. The molecule has 0 aliphatic carbocycles. The average molecular weight is 503 g/mol. The molecule has 0 fully saturated rings. The van der Waals surface area contributed by atoms with Gasteiger partial charge in [0.2, 0.25) is 0 Å². The summed E-state index contributed by atoms with van der Waals surface area (Å²) in [7, 11) is 0. The largest absolute Gasteiger partial charge is 0.0622 e. The number of hydrogen-bond donors (Lipinski definition) is 0. The van der Waals surface area contributed by atoms with Crippen molar-refractivity contribution in [2.75, 3.05) is 0 Å². The summed E-state index contributed by atoms with van der Waals surface area (Å²) in [6.07, 6.45) is 0. The molecule has 0 heteroatoms. The highest BCUT2D eigenvalue weighted by atomic mass is 14.3. The molecule has 0 atom stereocenters. The molecule has 0 nitrogen and oxygen atoms in total. The second-order valence-corrected chi connectivity index (χ2v) is 11.2. The molecule has 10 rings (SSSR count). The van der Waals surface area contributed by atoms with E-state index in [4.69, 9.17) is 0 Å². The van der Waals surface area contributed by atoms with Crippen LogP contribution in [0.5, 0.6) is 0 Å². The first-order chi connectivity index (χ1) is 19.9. The van der Waals surface area contributed by atoms with Gasteiger partial charge in [0, 0.05) is 0 Å². The molecule has 10 aromatic carbocycles. The topological polar surface area (TPSA) is 0 Å². The zero-order valence-electron chi connectivity index (χ0n) is 21.7. The fourth-order valence-electron chi connectivity index (χ4n) is 7.75. The molecule has 0 heterocycles. The molecular formula is C40H22. The van der Waals surface area contributed by atoms with E-state index in [1.54, 1.807) is 0 Å². The van der Waals surface area contributed by atoms with Gasteiger partial charge in [0.1, 0.15) is 0 Å². The summed E-state index contributed by atoms with van der Waals surface area (Å²) in [4.78, 5) is 0. The number of benzene rings is 10. The van der Waals surface area contributed by atoms with Crippen LogP contribution in [0.4, 0.5) is 0 Å². The Morgan fingerprint density at radius 1 is 0.250 bits per heavy atom. The molecule has 0 amide bonds. The van der Waals surface area contributed by atoms with E-state index in [0.29, 0.717) is 0 Å². The maximum atomic E-state index is 2.46. The molecule has 0 saturated heterocycles. The molecule has 0 bridgehead atoms. The van der Waals surface area contributed by atoms with E-state index in [1.807, 2.05) is 0 Å². The molecule has 0 N–H and O–H groups in total. The van der Waals surface area contributed by atoms with E-state index in [0.717, 1.165) is 0 Å². The first kappa shape index (κ1) is 20.7. The van der Waals surface area contributed by atoms with Gasteiger partial charge in [-0.3, -0.25) is 0 Å². The van der Waals surface area contributed by atoms with Crippen molar-refractivity contribution in [3.05, 3.63) is 133 Å². The van der Waals surface area contributed by atoms with E-state index in [1.165, 1.54) is 97.7 Å². The van der Waals surface area contributed by atoms with Crippen molar-refractivity contribution >= 4 is 75.4 Å². The van der Waals surface area contributed by atoms with E-state index >= 15 is 0 Å². The van der Waals surface area contributed by atoms with Crippen molar-refractivity contribution in [1.29, 1.82) is 0 Å². The van der Waals surface area contributed by atoms with Crippen molar-refractivity contribution < 1.29 is 0 Å². The van der Waals surface area contributed by atoms with E-state index in [9.17, 15) is 0 Å². The van der Waals surface area contributed by atoms with Gasteiger partial charge in [-0.25, -0.2) is 0 Å². The lowest BCUT2D eigenvalue weighted by atomic mass is 9.77.